The van der Waals surface area contributed by atoms with Crippen molar-refractivity contribution in [2.45, 2.75) is 26.4 Å². The molecule has 168 valence electrons. The monoisotopic (exact) mass is 485 g/mol. The Hall–Kier alpha value is -2.29. The summed E-state index contributed by atoms with van der Waals surface area (Å²) in [7, 11) is -2.34. The van der Waals surface area contributed by atoms with Crippen LogP contribution in [0.5, 0.6) is 0 Å². The van der Waals surface area contributed by atoms with Gasteiger partial charge in [-0.2, -0.15) is 0 Å². The second-order valence-electron chi connectivity index (χ2n) is 7.10. The Kier molecular flexibility index (Phi) is 8.34. The molecule has 10 heteroatoms. The van der Waals surface area contributed by atoms with Crippen molar-refractivity contribution < 1.29 is 18.0 Å². The summed E-state index contributed by atoms with van der Waals surface area (Å²) in [6.07, 6.45) is 1.02. The summed E-state index contributed by atoms with van der Waals surface area (Å²) in [6, 6.07) is 10.9. The largest absolute Gasteiger partial charge is 0.357 e. The Morgan fingerprint density at radius 1 is 1.13 bits per heavy atom. The molecule has 2 aromatic carbocycles. The minimum Gasteiger partial charge on any atom is -0.357 e. The highest BCUT2D eigenvalue weighted by Crippen LogP contribution is 2.28. The second kappa shape index (κ2) is 10.3. The lowest BCUT2D eigenvalue weighted by molar-refractivity contribution is -0.139. The molecule has 2 aromatic rings. The van der Waals surface area contributed by atoms with Crippen LogP contribution in [0.1, 0.15) is 18.1 Å². The van der Waals surface area contributed by atoms with Gasteiger partial charge >= 0.3 is 0 Å². The maximum Gasteiger partial charge on any atom is 0.244 e. The summed E-state index contributed by atoms with van der Waals surface area (Å²) in [4.78, 5) is 26.9. The molecule has 0 saturated carbocycles. The predicted molar refractivity (Wildman–Crippen MR) is 124 cm³/mol. The molecule has 0 radical (unpaired) electrons. The third-order valence-electron chi connectivity index (χ3n) is 4.84. The van der Waals surface area contributed by atoms with Crippen LogP contribution in [-0.2, 0) is 26.2 Å². The number of anilines is 1. The Balaban J connectivity index is 2.43. The molecule has 7 nitrogen and oxygen atoms in total. The molecule has 0 saturated heterocycles. The first-order valence-corrected chi connectivity index (χ1v) is 12.0. The van der Waals surface area contributed by atoms with Crippen molar-refractivity contribution in [3.63, 3.8) is 0 Å². The van der Waals surface area contributed by atoms with Crippen molar-refractivity contribution in [2.75, 3.05) is 24.2 Å². The van der Waals surface area contributed by atoms with Crippen LogP contribution in [-0.4, -0.2) is 51.0 Å². The average molecular weight is 486 g/mol. The fourth-order valence-corrected chi connectivity index (χ4v) is 4.37. The van der Waals surface area contributed by atoms with Crippen LogP contribution in [0.2, 0.25) is 10.0 Å². The number of hydrogen-bond donors (Lipinski definition) is 1. The highest BCUT2D eigenvalue weighted by atomic mass is 35.5. The van der Waals surface area contributed by atoms with Crippen molar-refractivity contribution in [2.24, 2.45) is 0 Å². The Bertz CT molecular complexity index is 1080. The third-order valence-corrected chi connectivity index (χ3v) is 6.61. The zero-order valence-electron chi connectivity index (χ0n) is 17.7. The van der Waals surface area contributed by atoms with Gasteiger partial charge in [-0.05, 0) is 49.2 Å². The lowest BCUT2D eigenvalue weighted by atomic mass is 10.1. The number of sulfonamides is 1. The van der Waals surface area contributed by atoms with E-state index >= 15 is 0 Å². The first kappa shape index (κ1) is 25.0. The zero-order valence-corrected chi connectivity index (χ0v) is 20.1. The predicted octanol–water partition coefficient (Wildman–Crippen LogP) is 3.23. The van der Waals surface area contributed by atoms with E-state index in [9.17, 15) is 18.0 Å². The lowest BCUT2D eigenvalue weighted by Crippen LogP contribution is -2.50. The number of hydrogen-bond acceptors (Lipinski definition) is 4. The Morgan fingerprint density at radius 2 is 1.77 bits per heavy atom. The smallest absolute Gasteiger partial charge is 0.244 e. The molecule has 0 bridgehead atoms. The number of nitrogens with zero attached hydrogens (tertiary/aromatic N) is 2. The molecular weight excluding hydrogens is 461 g/mol. The average Bonchev–Trinajstić information content (AvgIpc) is 2.70. The summed E-state index contributed by atoms with van der Waals surface area (Å²) in [5.41, 5.74) is 1.54. The highest BCUT2D eigenvalue weighted by molar-refractivity contribution is 7.92. The SMILES string of the molecule is CNC(=O)[C@@H](C)N(Cc1cccc(Cl)c1)C(=O)CN(c1cccc(Cl)c1C)S(C)(=O)=O. The van der Waals surface area contributed by atoms with E-state index in [0.717, 1.165) is 10.6 Å². The van der Waals surface area contributed by atoms with Gasteiger partial charge in [0.05, 0.1) is 11.9 Å². The van der Waals surface area contributed by atoms with Crippen molar-refractivity contribution in [3.8, 4) is 0 Å². The number of benzene rings is 2. The molecule has 0 heterocycles. The molecule has 2 rings (SSSR count). The van der Waals surface area contributed by atoms with Gasteiger partial charge in [0.15, 0.2) is 0 Å². The molecule has 0 aliphatic rings. The van der Waals surface area contributed by atoms with Crippen LogP contribution < -0.4 is 9.62 Å². The number of carbonyl (C=O) groups excluding carboxylic acids is 2. The molecule has 2 amide bonds. The van der Waals surface area contributed by atoms with E-state index in [-0.39, 0.29) is 12.5 Å². The molecular formula is C21H25Cl2N3O4S. The van der Waals surface area contributed by atoms with E-state index in [2.05, 4.69) is 5.32 Å². The van der Waals surface area contributed by atoms with Crippen molar-refractivity contribution in [1.82, 2.24) is 10.2 Å². The maximum absolute atomic E-state index is 13.3. The van der Waals surface area contributed by atoms with E-state index in [1.165, 1.54) is 11.9 Å². The van der Waals surface area contributed by atoms with Crippen molar-refractivity contribution in [1.29, 1.82) is 0 Å². The first-order chi connectivity index (χ1) is 14.5. The van der Waals surface area contributed by atoms with E-state index in [1.54, 1.807) is 56.3 Å². The summed E-state index contributed by atoms with van der Waals surface area (Å²) in [5, 5.41) is 3.39. The minimum absolute atomic E-state index is 0.0834. The molecule has 0 aliphatic heterocycles. The molecule has 0 fully saturated rings. The summed E-state index contributed by atoms with van der Waals surface area (Å²) in [5.74, 6) is -0.916. The van der Waals surface area contributed by atoms with Gasteiger partial charge < -0.3 is 10.2 Å². The summed E-state index contributed by atoms with van der Waals surface area (Å²) in [6.45, 7) is 2.86. The molecule has 1 atom stereocenters. The van der Waals surface area contributed by atoms with Crippen LogP contribution in [0.4, 0.5) is 5.69 Å². The Labute approximate surface area is 193 Å². The normalized spacial score (nSPS) is 12.2. The topological polar surface area (TPSA) is 86.8 Å². The van der Waals surface area contributed by atoms with Gasteiger partial charge in [-0.15, -0.1) is 0 Å². The molecule has 31 heavy (non-hydrogen) atoms. The van der Waals surface area contributed by atoms with Gasteiger partial charge in [-0.3, -0.25) is 13.9 Å². The second-order valence-corrected chi connectivity index (χ2v) is 9.85. The van der Waals surface area contributed by atoms with Crippen molar-refractivity contribution in [3.05, 3.63) is 63.6 Å². The van der Waals surface area contributed by atoms with Crippen LogP contribution in [0.15, 0.2) is 42.5 Å². The molecule has 0 aromatic heterocycles. The van der Waals surface area contributed by atoms with E-state index in [1.807, 2.05) is 0 Å². The van der Waals surface area contributed by atoms with Gasteiger partial charge in [0.2, 0.25) is 21.8 Å². The first-order valence-electron chi connectivity index (χ1n) is 9.44. The summed E-state index contributed by atoms with van der Waals surface area (Å²) >= 11 is 12.2. The lowest BCUT2D eigenvalue weighted by Gasteiger charge is -2.31. The van der Waals surface area contributed by atoms with Gasteiger partial charge in [0, 0.05) is 23.6 Å². The van der Waals surface area contributed by atoms with Gasteiger partial charge in [-0.25, -0.2) is 8.42 Å². The van der Waals surface area contributed by atoms with Gasteiger partial charge in [0.25, 0.3) is 0 Å². The number of rotatable bonds is 8. The van der Waals surface area contributed by atoms with Crippen LogP contribution >= 0.6 is 23.2 Å². The number of carbonyl (C=O) groups is 2. The van der Waals surface area contributed by atoms with E-state index < -0.39 is 28.5 Å². The third kappa shape index (κ3) is 6.35. The highest BCUT2D eigenvalue weighted by Gasteiger charge is 2.30. The molecule has 0 spiro atoms. The maximum atomic E-state index is 13.3. The quantitative estimate of drug-likeness (QED) is 0.621. The number of halogens is 2. The standard InChI is InChI=1S/C21H25Cl2N3O4S/c1-14-18(23)9-6-10-19(14)26(31(4,29)30)13-20(27)25(15(2)21(28)24-3)12-16-7-5-8-17(22)11-16/h5-11,15H,12-13H2,1-4H3,(H,24,28)/t15-/m1/s1. The van der Waals surface area contributed by atoms with Crippen LogP contribution in [0.25, 0.3) is 0 Å². The van der Waals surface area contributed by atoms with Gasteiger partial charge in [0.1, 0.15) is 12.6 Å². The summed E-state index contributed by atoms with van der Waals surface area (Å²) < 4.78 is 26.1. The zero-order chi connectivity index (χ0) is 23.3. The Morgan fingerprint density at radius 3 is 2.35 bits per heavy atom. The molecule has 1 N–H and O–H groups in total. The van der Waals surface area contributed by atoms with E-state index in [0.29, 0.717) is 26.9 Å². The number of nitrogens with one attached hydrogen (secondary N) is 1. The van der Waals surface area contributed by atoms with Gasteiger partial charge in [-0.1, -0.05) is 41.4 Å². The molecule has 0 aliphatic carbocycles. The minimum atomic E-state index is -3.81. The fourth-order valence-electron chi connectivity index (χ4n) is 3.08. The van der Waals surface area contributed by atoms with Crippen molar-refractivity contribution >= 4 is 50.7 Å². The van der Waals surface area contributed by atoms with E-state index in [4.69, 9.17) is 23.2 Å². The van der Waals surface area contributed by atoms with Crippen LogP contribution in [0, 0.1) is 6.92 Å². The fraction of sp³-hybridized carbons (Fsp3) is 0.333. The number of likely N-dealkylation sites (N-methyl/N-ethyl adjacent to an activating group) is 1. The molecule has 0 unspecified atom stereocenters. The van der Waals surface area contributed by atoms with Crippen LogP contribution in [0.3, 0.4) is 0 Å². The number of amides is 2.